The maximum absolute atomic E-state index is 12.6. The van der Waals surface area contributed by atoms with Crippen LogP contribution < -0.4 is 10.1 Å². The first kappa shape index (κ1) is 23.3. The summed E-state index contributed by atoms with van der Waals surface area (Å²) in [5, 5.41) is 6.45. The molecule has 8 nitrogen and oxygen atoms in total. The SMILES string of the molecule is CCCCc1nc(-c2ccc(OCC(=O)Nc3ccc(S(=O)(=O)C(F)F)cc3)cc2)no1. The lowest BCUT2D eigenvalue weighted by atomic mass is 10.2. The third kappa shape index (κ3) is 5.88. The molecular formula is C21H21F2N3O5S. The average molecular weight is 465 g/mol. The molecule has 0 radical (unpaired) electrons. The van der Waals surface area contributed by atoms with E-state index in [0.29, 0.717) is 17.5 Å². The predicted molar refractivity (Wildman–Crippen MR) is 112 cm³/mol. The Morgan fingerprint density at radius 1 is 1.12 bits per heavy atom. The molecule has 0 aliphatic rings. The molecule has 3 aromatic rings. The van der Waals surface area contributed by atoms with Crippen molar-refractivity contribution in [1.82, 2.24) is 10.1 Å². The van der Waals surface area contributed by atoms with Gasteiger partial charge >= 0.3 is 5.76 Å². The number of ether oxygens (including phenoxy) is 1. The summed E-state index contributed by atoms with van der Waals surface area (Å²) in [5.74, 6) is -2.52. The zero-order valence-corrected chi connectivity index (χ0v) is 17.9. The van der Waals surface area contributed by atoms with E-state index in [-0.39, 0.29) is 12.3 Å². The Labute approximate surface area is 183 Å². The van der Waals surface area contributed by atoms with E-state index < -0.39 is 26.4 Å². The molecule has 1 N–H and O–H groups in total. The Balaban J connectivity index is 1.52. The van der Waals surface area contributed by atoms with Gasteiger partial charge in [0, 0.05) is 17.7 Å². The number of carbonyl (C=O) groups excluding carboxylic acids is 1. The number of nitrogens with zero attached hydrogens (tertiary/aromatic N) is 2. The fraction of sp³-hybridized carbons (Fsp3) is 0.286. The molecule has 0 bridgehead atoms. The molecule has 0 aliphatic heterocycles. The number of nitrogens with one attached hydrogen (secondary N) is 1. The summed E-state index contributed by atoms with van der Waals surface area (Å²) in [4.78, 5) is 15.9. The molecule has 1 amide bonds. The van der Waals surface area contributed by atoms with Gasteiger partial charge in [-0.25, -0.2) is 8.42 Å². The smallest absolute Gasteiger partial charge is 0.341 e. The van der Waals surface area contributed by atoms with Crippen LogP contribution in [-0.2, 0) is 21.1 Å². The Morgan fingerprint density at radius 3 is 2.44 bits per heavy atom. The van der Waals surface area contributed by atoms with Crippen LogP contribution in [0.5, 0.6) is 5.75 Å². The van der Waals surface area contributed by atoms with Crippen LogP contribution in [0.1, 0.15) is 25.7 Å². The fourth-order valence-electron chi connectivity index (χ4n) is 2.68. The normalized spacial score (nSPS) is 11.5. The van der Waals surface area contributed by atoms with Crippen LogP contribution in [0.15, 0.2) is 57.9 Å². The molecule has 0 unspecified atom stereocenters. The van der Waals surface area contributed by atoms with Gasteiger partial charge in [-0.15, -0.1) is 0 Å². The Bertz CT molecular complexity index is 1150. The summed E-state index contributed by atoms with van der Waals surface area (Å²) in [5.41, 5.74) is 0.991. The van der Waals surface area contributed by atoms with Crippen LogP contribution in [0.3, 0.4) is 0 Å². The van der Waals surface area contributed by atoms with Crippen molar-refractivity contribution in [2.75, 3.05) is 11.9 Å². The van der Waals surface area contributed by atoms with Crippen molar-refractivity contribution in [2.24, 2.45) is 0 Å². The van der Waals surface area contributed by atoms with Crippen LogP contribution in [0, 0.1) is 0 Å². The molecule has 11 heteroatoms. The van der Waals surface area contributed by atoms with Crippen molar-refractivity contribution in [3.63, 3.8) is 0 Å². The van der Waals surface area contributed by atoms with Crippen molar-refractivity contribution in [3.05, 3.63) is 54.4 Å². The van der Waals surface area contributed by atoms with Crippen molar-refractivity contribution < 1.29 is 31.3 Å². The van der Waals surface area contributed by atoms with Gasteiger partial charge in [-0.1, -0.05) is 18.5 Å². The molecule has 0 fully saturated rings. The quantitative estimate of drug-likeness (QED) is 0.480. The van der Waals surface area contributed by atoms with Gasteiger partial charge < -0.3 is 14.6 Å². The molecule has 2 aromatic carbocycles. The molecule has 0 spiro atoms. The summed E-state index contributed by atoms with van der Waals surface area (Å²) >= 11 is 0. The second kappa shape index (κ2) is 10.3. The number of unbranched alkanes of at least 4 members (excludes halogenated alkanes) is 1. The fourth-order valence-corrected chi connectivity index (χ4v) is 3.40. The lowest BCUT2D eigenvalue weighted by Gasteiger charge is -2.09. The Morgan fingerprint density at radius 2 is 1.81 bits per heavy atom. The van der Waals surface area contributed by atoms with Crippen molar-refractivity contribution >= 4 is 21.4 Å². The molecular weight excluding hydrogens is 444 g/mol. The first-order valence-corrected chi connectivity index (χ1v) is 11.3. The highest BCUT2D eigenvalue weighted by molar-refractivity contribution is 7.91. The molecule has 0 atom stereocenters. The van der Waals surface area contributed by atoms with Gasteiger partial charge in [-0.05, 0) is 55.0 Å². The summed E-state index contributed by atoms with van der Waals surface area (Å²) in [6.07, 6.45) is 2.73. The minimum absolute atomic E-state index is 0.248. The number of halogens is 2. The highest BCUT2D eigenvalue weighted by Crippen LogP contribution is 2.22. The number of rotatable bonds is 10. The lowest BCUT2D eigenvalue weighted by Crippen LogP contribution is -2.20. The standard InChI is InChI=1S/C21H21F2N3O5S/c1-2-3-4-19-25-20(26-31-19)14-5-9-16(10-6-14)30-13-18(27)24-15-7-11-17(12-8-15)32(28,29)21(22)23/h5-12,21H,2-4,13H2,1H3,(H,24,27). The summed E-state index contributed by atoms with van der Waals surface area (Å²) < 4.78 is 58.6. The van der Waals surface area contributed by atoms with E-state index >= 15 is 0 Å². The third-order valence-corrected chi connectivity index (χ3v) is 5.79. The maximum atomic E-state index is 12.6. The van der Waals surface area contributed by atoms with Gasteiger partial charge in [0.05, 0.1) is 4.90 Å². The van der Waals surface area contributed by atoms with Crippen molar-refractivity contribution in [3.8, 4) is 17.1 Å². The first-order valence-electron chi connectivity index (χ1n) is 9.77. The summed E-state index contributed by atoms with van der Waals surface area (Å²) in [7, 11) is -4.68. The second-order valence-electron chi connectivity index (χ2n) is 6.81. The van der Waals surface area contributed by atoms with E-state index in [1.165, 1.54) is 12.1 Å². The summed E-state index contributed by atoms with van der Waals surface area (Å²) in [6.45, 7) is 1.77. The topological polar surface area (TPSA) is 111 Å². The molecule has 0 saturated carbocycles. The monoisotopic (exact) mass is 465 g/mol. The number of alkyl halides is 2. The van der Waals surface area contributed by atoms with Crippen LogP contribution in [0.2, 0.25) is 0 Å². The van der Waals surface area contributed by atoms with Crippen molar-refractivity contribution in [2.45, 2.75) is 36.8 Å². The van der Waals surface area contributed by atoms with E-state index in [0.717, 1.165) is 37.0 Å². The van der Waals surface area contributed by atoms with Gasteiger partial charge in [0.1, 0.15) is 5.75 Å². The second-order valence-corrected chi connectivity index (χ2v) is 8.72. The molecule has 32 heavy (non-hydrogen) atoms. The molecule has 170 valence electrons. The molecule has 3 rings (SSSR count). The van der Waals surface area contributed by atoms with Crippen LogP contribution in [-0.4, -0.2) is 36.8 Å². The average Bonchev–Trinajstić information content (AvgIpc) is 3.26. The molecule has 0 saturated heterocycles. The maximum Gasteiger partial charge on any atom is 0.341 e. The van der Waals surface area contributed by atoms with Crippen LogP contribution in [0.25, 0.3) is 11.4 Å². The zero-order valence-electron chi connectivity index (χ0n) is 17.1. The van der Waals surface area contributed by atoms with Gasteiger partial charge in [0.2, 0.25) is 21.6 Å². The molecule has 0 aliphatic carbocycles. The number of aryl methyl sites for hydroxylation is 1. The Kier molecular flexibility index (Phi) is 7.52. The van der Waals surface area contributed by atoms with Crippen LogP contribution >= 0.6 is 0 Å². The number of anilines is 1. The molecule has 1 aromatic heterocycles. The highest BCUT2D eigenvalue weighted by atomic mass is 32.2. The first-order chi connectivity index (χ1) is 15.3. The number of aromatic nitrogens is 2. The highest BCUT2D eigenvalue weighted by Gasteiger charge is 2.26. The number of amides is 1. The summed E-state index contributed by atoms with van der Waals surface area (Å²) in [6, 6.07) is 11.3. The third-order valence-electron chi connectivity index (χ3n) is 4.40. The largest absolute Gasteiger partial charge is 0.484 e. The van der Waals surface area contributed by atoms with E-state index in [1.54, 1.807) is 24.3 Å². The number of hydrogen-bond donors (Lipinski definition) is 1. The van der Waals surface area contributed by atoms with Gasteiger partial charge in [0.25, 0.3) is 5.91 Å². The van der Waals surface area contributed by atoms with Crippen LogP contribution in [0.4, 0.5) is 14.5 Å². The van der Waals surface area contributed by atoms with Gasteiger partial charge in [0.15, 0.2) is 6.61 Å². The number of carbonyl (C=O) groups is 1. The van der Waals surface area contributed by atoms with Gasteiger partial charge in [-0.2, -0.15) is 13.8 Å². The predicted octanol–water partition coefficient (Wildman–Crippen LogP) is 4.09. The van der Waals surface area contributed by atoms with E-state index in [4.69, 9.17) is 9.26 Å². The lowest BCUT2D eigenvalue weighted by molar-refractivity contribution is -0.118. The zero-order chi connectivity index (χ0) is 23.1. The van der Waals surface area contributed by atoms with E-state index in [1.807, 2.05) is 0 Å². The minimum atomic E-state index is -4.68. The minimum Gasteiger partial charge on any atom is -0.484 e. The van der Waals surface area contributed by atoms with E-state index in [2.05, 4.69) is 22.4 Å². The number of benzene rings is 2. The van der Waals surface area contributed by atoms with E-state index in [9.17, 15) is 22.0 Å². The van der Waals surface area contributed by atoms with Gasteiger partial charge in [-0.3, -0.25) is 4.79 Å². The van der Waals surface area contributed by atoms with Crippen molar-refractivity contribution in [1.29, 1.82) is 0 Å². The number of sulfone groups is 1. The molecule has 1 heterocycles. The Hall–Kier alpha value is -3.34. The number of hydrogen-bond acceptors (Lipinski definition) is 7.